The Labute approximate surface area is 103 Å². The first-order chi connectivity index (χ1) is 8.13. The van der Waals surface area contributed by atoms with Crippen molar-refractivity contribution in [3.63, 3.8) is 0 Å². The first kappa shape index (κ1) is 12.8. The number of carbonyl (C=O) groups excluding carboxylic acids is 1. The third kappa shape index (κ3) is 3.19. The van der Waals surface area contributed by atoms with E-state index >= 15 is 0 Å². The summed E-state index contributed by atoms with van der Waals surface area (Å²) in [4.78, 5) is 13.9. The highest BCUT2D eigenvalue weighted by atomic mass is 16.3. The van der Waals surface area contributed by atoms with Crippen LogP contribution in [0.5, 0.6) is 0 Å². The van der Waals surface area contributed by atoms with E-state index in [1.165, 1.54) is 0 Å². The van der Waals surface area contributed by atoms with Crippen molar-refractivity contribution in [3.05, 3.63) is 0 Å². The van der Waals surface area contributed by atoms with Gasteiger partial charge in [-0.25, -0.2) is 0 Å². The lowest BCUT2D eigenvalue weighted by atomic mass is 9.94. The average Bonchev–Trinajstić information content (AvgIpc) is 2.76. The largest absolute Gasteiger partial charge is 0.396 e. The maximum absolute atomic E-state index is 12.1. The van der Waals surface area contributed by atoms with E-state index in [9.17, 15) is 9.90 Å². The number of nitrogens with zero attached hydrogens (tertiary/aromatic N) is 1. The number of likely N-dealkylation sites (tertiary alicyclic amines) is 1. The van der Waals surface area contributed by atoms with Gasteiger partial charge in [0.1, 0.15) is 0 Å². The van der Waals surface area contributed by atoms with Crippen LogP contribution in [0.4, 0.5) is 0 Å². The number of amides is 1. The molecule has 1 unspecified atom stereocenters. The van der Waals surface area contributed by atoms with Crippen molar-refractivity contribution in [2.24, 2.45) is 5.92 Å². The molecule has 0 spiro atoms. The van der Waals surface area contributed by atoms with Gasteiger partial charge in [0.05, 0.1) is 12.0 Å². The van der Waals surface area contributed by atoms with Crippen molar-refractivity contribution >= 4 is 5.91 Å². The fourth-order valence-corrected chi connectivity index (χ4v) is 3.04. The highest BCUT2D eigenvalue weighted by Gasteiger charge is 2.35. The van der Waals surface area contributed by atoms with Gasteiger partial charge >= 0.3 is 0 Å². The molecule has 0 radical (unpaired) electrons. The summed E-state index contributed by atoms with van der Waals surface area (Å²) in [6.07, 6.45) is 5.82. The van der Waals surface area contributed by atoms with E-state index in [2.05, 4.69) is 0 Å². The summed E-state index contributed by atoms with van der Waals surface area (Å²) >= 11 is 0. The minimum Gasteiger partial charge on any atom is -0.396 e. The number of rotatable bonds is 3. The molecule has 0 bridgehead atoms. The maximum Gasteiger partial charge on any atom is 0.225 e. The van der Waals surface area contributed by atoms with E-state index in [-0.39, 0.29) is 24.9 Å². The van der Waals surface area contributed by atoms with Crippen molar-refractivity contribution in [1.82, 2.24) is 4.90 Å². The molecule has 2 rings (SSSR count). The van der Waals surface area contributed by atoms with Crippen LogP contribution >= 0.6 is 0 Å². The number of hydrogen-bond acceptors (Lipinski definition) is 3. The normalized spacial score (nSPS) is 28.4. The lowest BCUT2D eigenvalue weighted by Gasteiger charge is -2.34. The molecule has 0 aromatic rings. The molecule has 1 aliphatic carbocycles. The molecule has 1 heterocycles. The summed E-state index contributed by atoms with van der Waals surface area (Å²) in [5.41, 5.74) is -0.747. The molecular formula is C13H23NO3. The van der Waals surface area contributed by atoms with Gasteiger partial charge in [0.2, 0.25) is 5.91 Å². The van der Waals surface area contributed by atoms with Gasteiger partial charge in [0.25, 0.3) is 0 Å². The fraction of sp³-hybridized carbons (Fsp3) is 0.923. The number of hydrogen-bond donors (Lipinski definition) is 2. The quantitative estimate of drug-likeness (QED) is 0.772. The second-order valence-corrected chi connectivity index (χ2v) is 5.64. The molecule has 1 amide bonds. The average molecular weight is 241 g/mol. The van der Waals surface area contributed by atoms with Crippen LogP contribution in [0.2, 0.25) is 0 Å². The lowest BCUT2D eigenvalue weighted by molar-refractivity contribution is -0.138. The molecule has 2 fully saturated rings. The molecule has 17 heavy (non-hydrogen) atoms. The fourth-order valence-electron chi connectivity index (χ4n) is 3.04. The van der Waals surface area contributed by atoms with Gasteiger partial charge in [-0.05, 0) is 31.6 Å². The Morgan fingerprint density at radius 3 is 2.65 bits per heavy atom. The van der Waals surface area contributed by atoms with E-state index in [0.29, 0.717) is 6.54 Å². The molecule has 0 aromatic heterocycles. The Hall–Kier alpha value is -0.610. The molecule has 1 aliphatic heterocycles. The minimum atomic E-state index is -0.747. The molecule has 4 heteroatoms. The third-order valence-electron chi connectivity index (χ3n) is 4.14. The standard InChI is InChI=1S/C13H23NO3/c15-10-11-4-3-7-14(9-11)12(16)8-13(17)5-1-2-6-13/h11,15,17H,1-10H2. The van der Waals surface area contributed by atoms with Crippen molar-refractivity contribution < 1.29 is 15.0 Å². The van der Waals surface area contributed by atoms with Gasteiger partial charge in [-0.1, -0.05) is 12.8 Å². The van der Waals surface area contributed by atoms with E-state index in [4.69, 9.17) is 5.11 Å². The third-order valence-corrected chi connectivity index (χ3v) is 4.14. The highest BCUT2D eigenvalue weighted by molar-refractivity contribution is 5.77. The van der Waals surface area contributed by atoms with E-state index in [1.54, 1.807) is 0 Å². The van der Waals surface area contributed by atoms with E-state index in [0.717, 1.165) is 45.1 Å². The number of piperidine rings is 1. The zero-order valence-electron chi connectivity index (χ0n) is 10.4. The molecule has 1 atom stereocenters. The maximum atomic E-state index is 12.1. The van der Waals surface area contributed by atoms with Gasteiger partial charge in [-0.15, -0.1) is 0 Å². The highest BCUT2D eigenvalue weighted by Crippen LogP contribution is 2.33. The van der Waals surface area contributed by atoms with Gasteiger partial charge in [0.15, 0.2) is 0 Å². The van der Waals surface area contributed by atoms with Crippen LogP contribution in [0.25, 0.3) is 0 Å². The predicted octanol–water partition coefficient (Wildman–Crippen LogP) is 0.912. The summed E-state index contributed by atoms with van der Waals surface area (Å²) in [6, 6.07) is 0. The van der Waals surface area contributed by atoms with Crippen LogP contribution in [0, 0.1) is 5.92 Å². The minimum absolute atomic E-state index is 0.0625. The molecule has 1 saturated heterocycles. The molecule has 0 aromatic carbocycles. The zero-order chi connectivity index (χ0) is 12.3. The summed E-state index contributed by atoms with van der Waals surface area (Å²) in [5, 5.41) is 19.4. The Morgan fingerprint density at radius 2 is 2.00 bits per heavy atom. The van der Waals surface area contributed by atoms with Crippen LogP contribution in [0.1, 0.15) is 44.9 Å². The van der Waals surface area contributed by atoms with Gasteiger partial charge in [-0.3, -0.25) is 4.79 Å². The Balaban J connectivity index is 1.86. The Bertz CT molecular complexity index is 274. The molecule has 1 saturated carbocycles. The van der Waals surface area contributed by atoms with Crippen molar-refractivity contribution in [1.29, 1.82) is 0 Å². The first-order valence-corrected chi connectivity index (χ1v) is 6.74. The van der Waals surface area contributed by atoms with E-state index in [1.807, 2.05) is 4.90 Å². The topological polar surface area (TPSA) is 60.8 Å². The Kier molecular flexibility index (Phi) is 4.05. The van der Waals surface area contributed by atoms with Crippen LogP contribution in [-0.4, -0.2) is 46.3 Å². The molecule has 98 valence electrons. The predicted molar refractivity (Wildman–Crippen MR) is 64.4 cm³/mol. The van der Waals surface area contributed by atoms with Gasteiger partial charge < -0.3 is 15.1 Å². The van der Waals surface area contributed by atoms with Gasteiger partial charge in [0, 0.05) is 19.7 Å². The number of carbonyl (C=O) groups is 1. The summed E-state index contributed by atoms with van der Waals surface area (Å²) in [5.74, 6) is 0.290. The smallest absolute Gasteiger partial charge is 0.225 e. The summed E-state index contributed by atoms with van der Waals surface area (Å²) in [7, 11) is 0. The molecule has 2 N–H and O–H groups in total. The molecule has 2 aliphatic rings. The van der Waals surface area contributed by atoms with E-state index < -0.39 is 5.60 Å². The number of aliphatic hydroxyl groups is 2. The lowest BCUT2D eigenvalue weighted by Crippen LogP contribution is -2.44. The second-order valence-electron chi connectivity index (χ2n) is 5.64. The van der Waals surface area contributed by atoms with Crippen LogP contribution in [0.3, 0.4) is 0 Å². The van der Waals surface area contributed by atoms with Crippen molar-refractivity contribution in [3.8, 4) is 0 Å². The number of aliphatic hydroxyl groups excluding tert-OH is 1. The second kappa shape index (κ2) is 5.36. The van der Waals surface area contributed by atoms with Crippen LogP contribution < -0.4 is 0 Å². The summed E-state index contributed by atoms with van der Waals surface area (Å²) < 4.78 is 0. The van der Waals surface area contributed by atoms with Crippen LogP contribution in [0.15, 0.2) is 0 Å². The van der Waals surface area contributed by atoms with Crippen molar-refractivity contribution in [2.45, 2.75) is 50.5 Å². The first-order valence-electron chi connectivity index (χ1n) is 6.74. The monoisotopic (exact) mass is 241 g/mol. The molecule has 4 nitrogen and oxygen atoms in total. The summed E-state index contributed by atoms with van der Waals surface area (Å²) in [6.45, 7) is 1.60. The zero-order valence-corrected chi connectivity index (χ0v) is 10.4. The van der Waals surface area contributed by atoms with Crippen molar-refractivity contribution in [2.75, 3.05) is 19.7 Å². The van der Waals surface area contributed by atoms with Gasteiger partial charge in [-0.2, -0.15) is 0 Å². The SMILES string of the molecule is O=C(CC1(O)CCCC1)N1CCCC(CO)C1. The Morgan fingerprint density at radius 1 is 1.29 bits per heavy atom. The van der Waals surface area contributed by atoms with Crippen LogP contribution in [-0.2, 0) is 4.79 Å². The molecular weight excluding hydrogens is 218 g/mol.